The van der Waals surface area contributed by atoms with Crippen molar-refractivity contribution < 1.29 is 13.5 Å². The lowest BCUT2D eigenvalue weighted by Crippen LogP contribution is -2.33. The molecular formula is C17H15F2N3O. The van der Waals surface area contributed by atoms with Gasteiger partial charge in [0.1, 0.15) is 17.2 Å². The predicted octanol–water partition coefficient (Wildman–Crippen LogP) is 3.17. The van der Waals surface area contributed by atoms with Crippen LogP contribution in [0.15, 0.2) is 36.4 Å². The van der Waals surface area contributed by atoms with Crippen molar-refractivity contribution >= 4 is 11.0 Å². The number of aromatic amines is 1. The first-order valence-electron chi connectivity index (χ1n) is 7.48. The van der Waals surface area contributed by atoms with Crippen LogP contribution in [0.25, 0.3) is 22.4 Å². The second-order valence-electron chi connectivity index (χ2n) is 5.55. The van der Waals surface area contributed by atoms with Crippen molar-refractivity contribution in [2.45, 2.75) is 6.10 Å². The van der Waals surface area contributed by atoms with Crippen LogP contribution in [-0.2, 0) is 4.74 Å². The number of aromatic nitrogens is 2. The first kappa shape index (κ1) is 14.3. The molecule has 118 valence electrons. The summed E-state index contributed by atoms with van der Waals surface area (Å²) in [4.78, 5) is 7.18. The third kappa shape index (κ3) is 2.71. The summed E-state index contributed by atoms with van der Waals surface area (Å²) in [5.74, 6) is -0.776. The van der Waals surface area contributed by atoms with E-state index in [1.807, 2.05) is 24.3 Å². The number of hydrogen-bond donors (Lipinski definition) is 2. The lowest BCUT2D eigenvalue weighted by atomic mass is 10.1. The van der Waals surface area contributed by atoms with Crippen LogP contribution >= 0.6 is 0 Å². The van der Waals surface area contributed by atoms with Crippen LogP contribution in [0.4, 0.5) is 8.78 Å². The van der Waals surface area contributed by atoms with E-state index in [1.54, 1.807) is 0 Å². The number of morpholine rings is 1. The van der Waals surface area contributed by atoms with Crippen LogP contribution in [-0.4, -0.2) is 29.7 Å². The highest BCUT2D eigenvalue weighted by molar-refractivity contribution is 5.80. The number of ether oxygens (including phenoxy) is 1. The van der Waals surface area contributed by atoms with Gasteiger partial charge in [0.05, 0.1) is 18.2 Å². The second kappa shape index (κ2) is 5.72. The number of nitrogens with zero attached hydrogens (tertiary/aromatic N) is 1. The Balaban J connectivity index is 1.66. The number of H-pyrrole nitrogens is 1. The summed E-state index contributed by atoms with van der Waals surface area (Å²) in [6.07, 6.45) is 0.0417. The van der Waals surface area contributed by atoms with Gasteiger partial charge in [0.15, 0.2) is 5.82 Å². The maximum Gasteiger partial charge on any atom is 0.153 e. The SMILES string of the molecule is Fc1cc(F)c2nc(-c3ccc(C4CNCCO4)cc3)[nH]c2c1. The molecule has 2 heterocycles. The highest BCUT2D eigenvalue weighted by Gasteiger charge is 2.16. The molecule has 2 N–H and O–H groups in total. The molecule has 1 aromatic heterocycles. The molecule has 1 unspecified atom stereocenters. The zero-order valence-corrected chi connectivity index (χ0v) is 12.3. The molecule has 0 spiro atoms. The van der Waals surface area contributed by atoms with Gasteiger partial charge in [-0.25, -0.2) is 13.8 Å². The van der Waals surface area contributed by atoms with E-state index in [0.717, 1.165) is 30.3 Å². The summed E-state index contributed by atoms with van der Waals surface area (Å²) >= 11 is 0. The minimum Gasteiger partial charge on any atom is -0.371 e. The largest absolute Gasteiger partial charge is 0.371 e. The van der Waals surface area contributed by atoms with Gasteiger partial charge < -0.3 is 15.0 Å². The Morgan fingerprint density at radius 1 is 1.13 bits per heavy atom. The van der Waals surface area contributed by atoms with Gasteiger partial charge in [0, 0.05) is 24.7 Å². The van der Waals surface area contributed by atoms with E-state index >= 15 is 0 Å². The van der Waals surface area contributed by atoms with Gasteiger partial charge in [-0.1, -0.05) is 24.3 Å². The molecule has 23 heavy (non-hydrogen) atoms. The van der Waals surface area contributed by atoms with Gasteiger partial charge in [0.2, 0.25) is 0 Å². The Kier molecular flexibility index (Phi) is 3.55. The molecule has 0 aliphatic carbocycles. The van der Waals surface area contributed by atoms with Gasteiger partial charge in [-0.3, -0.25) is 0 Å². The van der Waals surface area contributed by atoms with Crippen molar-refractivity contribution in [3.8, 4) is 11.4 Å². The average molecular weight is 315 g/mol. The number of rotatable bonds is 2. The molecule has 1 atom stereocenters. The van der Waals surface area contributed by atoms with Crippen LogP contribution in [0.5, 0.6) is 0 Å². The Morgan fingerprint density at radius 3 is 2.70 bits per heavy atom. The molecule has 4 nitrogen and oxygen atoms in total. The van der Waals surface area contributed by atoms with E-state index in [4.69, 9.17) is 4.74 Å². The molecular weight excluding hydrogens is 300 g/mol. The topological polar surface area (TPSA) is 49.9 Å². The van der Waals surface area contributed by atoms with Crippen LogP contribution in [0.2, 0.25) is 0 Å². The van der Waals surface area contributed by atoms with Crippen molar-refractivity contribution in [1.29, 1.82) is 0 Å². The standard InChI is InChI=1S/C17H15F2N3O/c18-12-7-13(19)16-14(8-12)21-17(22-16)11-3-1-10(2-4-11)15-9-20-5-6-23-15/h1-4,7-8,15,20H,5-6,9H2,(H,21,22). The average Bonchev–Trinajstić information content (AvgIpc) is 3.00. The first-order valence-corrected chi connectivity index (χ1v) is 7.48. The number of fused-ring (bicyclic) bond motifs is 1. The predicted molar refractivity (Wildman–Crippen MR) is 83.0 cm³/mol. The first-order chi connectivity index (χ1) is 11.2. The fraction of sp³-hybridized carbons (Fsp3) is 0.235. The summed E-state index contributed by atoms with van der Waals surface area (Å²) < 4.78 is 32.7. The van der Waals surface area contributed by atoms with Crippen molar-refractivity contribution in [3.63, 3.8) is 0 Å². The fourth-order valence-electron chi connectivity index (χ4n) is 2.81. The summed E-state index contributed by atoms with van der Waals surface area (Å²) in [5, 5.41) is 3.29. The van der Waals surface area contributed by atoms with Gasteiger partial charge in [-0.15, -0.1) is 0 Å². The molecule has 1 aliphatic rings. The second-order valence-corrected chi connectivity index (χ2v) is 5.55. The van der Waals surface area contributed by atoms with Crippen LogP contribution in [0.1, 0.15) is 11.7 Å². The van der Waals surface area contributed by atoms with Crippen molar-refractivity contribution in [3.05, 3.63) is 53.6 Å². The molecule has 0 saturated carbocycles. The Bertz CT molecular complexity index is 839. The summed E-state index contributed by atoms with van der Waals surface area (Å²) in [6, 6.07) is 9.82. The van der Waals surface area contributed by atoms with E-state index in [-0.39, 0.29) is 11.6 Å². The van der Waals surface area contributed by atoms with Gasteiger partial charge >= 0.3 is 0 Å². The third-order valence-corrected chi connectivity index (χ3v) is 3.99. The molecule has 1 fully saturated rings. The minimum atomic E-state index is -0.666. The van der Waals surface area contributed by atoms with E-state index in [2.05, 4.69) is 15.3 Å². The zero-order chi connectivity index (χ0) is 15.8. The fourth-order valence-corrected chi connectivity index (χ4v) is 2.81. The lowest BCUT2D eigenvalue weighted by Gasteiger charge is -2.24. The molecule has 0 bridgehead atoms. The normalized spacial score (nSPS) is 18.4. The quantitative estimate of drug-likeness (QED) is 0.764. The van der Waals surface area contributed by atoms with Crippen LogP contribution < -0.4 is 5.32 Å². The van der Waals surface area contributed by atoms with Crippen LogP contribution in [0, 0.1) is 11.6 Å². The highest BCUT2D eigenvalue weighted by atomic mass is 19.1. The van der Waals surface area contributed by atoms with Gasteiger partial charge in [-0.2, -0.15) is 0 Å². The molecule has 4 rings (SSSR count). The molecule has 1 aliphatic heterocycles. The van der Waals surface area contributed by atoms with Gasteiger partial charge in [-0.05, 0) is 11.6 Å². The monoisotopic (exact) mass is 315 g/mol. The van der Waals surface area contributed by atoms with E-state index in [1.165, 1.54) is 6.07 Å². The molecule has 0 radical (unpaired) electrons. The number of halogens is 2. The number of hydrogen-bond acceptors (Lipinski definition) is 3. The summed E-state index contributed by atoms with van der Waals surface area (Å²) in [6.45, 7) is 2.35. The molecule has 1 saturated heterocycles. The Hall–Kier alpha value is -2.31. The van der Waals surface area contributed by atoms with Crippen molar-refractivity contribution in [2.24, 2.45) is 0 Å². The Morgan fingerprint density at radius 2 is 1.96 bits per heavy atom. The van der Waals surface area contributed by atoms with Crippen molar-refractivity contribution in [1.82, 2.24) is 15.3 Å². The lowest BCUT2D eigenvalue weighted by molar-refractivity contribution is 0.0277. The molecule has 2 aromatic carbocycles. The van der Waals surface area contributed by atoms with Gasteiger partial charge in [0.25, 0.3) is 0 Å². The zero-order valence-electron chi connectivity index (χ0n) is 12.3. The highest BCUT2D eigenvalue weighted by Crippen LogP contribution is 2.25. The number of imidazole rings is 1. The summed E-state index contributed by atoms with van der Waals surface area (Å²) in [7, 11) is 0. The summed E-state index contributed by atoms with van der Waals surface area (Å²) in [5.41, 5.74) is 2.38. The minimum absolute atomic E-state index is 0.0417. The van der Waals surface area contributed by atoms with Crippen molar-refractivity contribution in [2.75, 3.05) is 19.7 Å². The van der Waals surface area contributed by atoms with Crippen LogP contribution in [0.3, 0.4) is 0 Å². The number of nitrogens with one attached hydrogen (secondary N) is 2. The molecule has 6 heteroatoms. The maximum atomic E-state index is 13.7. The molecule has 0 amide bonds. The van der Waals surface area contributed by atoms with E-state index in [0.29, 0.717) is 17.9 Å². The maximum absolute atomic E-state index is 13.7. The number of benzene rings is 2. The molecule has 3 aromatic rings. The Labute approximate surface area is 131 Å². The third-order valence-electron chi connectivity index (χ3n) is 3.99. The van der Waals surface area contributed by atoms with E-state index in [9.17, 15) is 8.78 Å². The van der Waals surface area contributed by atoms with E-state index < -0.39 is 11.6 Å². The smallest absolute Gasteiger partial charge is 0.153 e.